The summed E-state index contributed by atoms with van der Waals surface area (Å²) < 4.78 is 1.83. The Morgan fingerprint density at radius 1 is 1.37 bits per heavy atom. The third-order valence-electron chi connectivity index (χ3n) is 3.72. The van der Waals surface area contributed by atoms with Crippen LogP contribution in [0.3, 0.4) is 0 Å². The van der Waals surface area contributed by atoms with Crippen molar-refractivity contribution in [2.75, 3.05) is 18.0 Å². The molecule has 2 atom stereocenters. The summed E-state index contributed by atoms with van der Waals surface area (Å²) in [6, 6.07) is 0. The summed E-state index contributed by atoms with van der Waals surface area (Å²) in [6.45, 7) is 8.36. The van der Waals surface area contributed by atoms with Gasteiger partial charge >= 0.3 is 0 Å². The van der Waals surface area contributed by atoms with Crippen LogP contribution in [0.2, 0.25) is 0 Å². The molecule has 106 valence electrons. The monoisotopic (exact) mass is 265 g/mol. The maximum absolute atomic E-state index is 8.96. The molecule has 1 aliphatic heterocycles. The van der Waals surface area contributed by atoms with Crippen molar-refractivity contribution in [3.05, 3.63) is 11.3 Å². The molecule has 0 aliphatic carbocycles. The van der Waals surface area contributed by atoms with Crippen molar-refractivity contribution in [3.63, 3.8) is 0 Å². The molecule has 6 nitrogen and oxygen atoms in total. The summed E-state index contributed by atoms with van der Waals surface area (Å²) >= 11 is 0. The van der Waals surface area contributed by atoms with E-state index in [0.717, 1.165) is 30.2 Å². The summed E-state index contributed by atoms with van der Waals surface area (Å²) in [5, 5.41) is 16.5. The van der Waals surface area contributed by atoms with E-state index in [-0.39, 0.29) is 5.84 Å². The van der Waals surface area contributed by atoms with Gasteiger partial charge in [0.15, 0.2) is 5.84 Å². The van der Waals surface area contributed by atoms with Crippen LogP contribution in [0.5, 0.6) is 0 Å². The van der Waals surface area contributed by atoms with Crippen LogP contribution >= 0.6 is 0 Å². The summed E-state index contributed by atoms with van der Waals surface area (Å²) in [7, 11) is 1.90. The number of aryl methyl sites for hydroxylation is 2. The summed E-state index contributed by atoms with van der Waals surface area (Å²) in [5.41, 5.74) is 7.34. The van der Waals surface area contributed by atoms with Gasteiger partial charge in [-0.25, -0.2) is 0 Å². The van der Waals surface area contributed by atoms with E-state index < -0.39 is 0 Å². The van der Waals surface area contributed by atoms with Gasteiger partial charge in [-0.3, -0.25) is 4.68 Å². The molecule has 0 spiro atoms. The van der Waals surface area contributed by atoms with Gasteiger partial charge < -0.3 is 15.8 Å². The van der Waals surface area contributed by atoms with E-state index in [1.807, 2.05) is 18.7 Å². The molecule has 6 heteroatoms. The zero-order valence-electron chi connectivity index (χ0n) is 12.1. The number of piperidine rings is 1. The predicted octanol–water partition coefficient (Wildman–Crippen LogP) is 1.31. The van der Waals surface area contributed by atoms with E-state index in [4.69, 9.17) is 10.9 Å². The second-order valence-electron chi connectivity index (χ2n) is 5.74. The highest BCUT2D eigenvalue weighted by molar-refractivity contribution is 6.02. The highest BCUT2D eigenvalue weighted by Crippen LogP contribution is 2.29. The number of aromatic nitrogens is 2. The molecule has 19 heavy (non-hydrogen) atoms. The van der Waals surface area contributed by atoms with Gasteiger partial charge in [0, 0.05) is 20.1 Å². The fraction of sp³-hybridized carbons (Fsp3) is 0.692. The molecule has 2 rings (SSSR count). The second kappa shape index (κ2) is 5.11. The third-order valence-corrected chi connectivity index (χ3v) is 3.72. The van der Waals surface area contributed by atoms with Gasteiger partial charge in [-0.2, -0.15) is 5.10 Å². The van der Waals surface area contributed by atoms with Gasteiger partial charge in [0.05, 0.1) is 11.3 Å². The van der Waals surface area contributed by atoms with Crippen LogP contribution in [-0.2, 0) is 7.05 Å². The minimum Gasteiger partial charge on any atom is -0.409 e. The molecule has 3 N–H and O–H groups in total. The first-order chi connectivity index (χ1) is 8.93. The zero-order valence-corrected chi connectivity index (χ0v) is 12.1. The van der Waals surface area contributed by atoms with Crippen molar-refractivity contribution < 1.29 is 5.21 Å². The standard InChI is InChI=1S/C13H23N5O/c1-8-5-9(2)7-18(6-8)13-11(12(14)16-19)10(3)15-17(13)4/h8-9,19H,5-7H2,1-4H3,(H2,14,16). The molecule has 1 aliphatic rings. The van der Waals surface area contributed by atoms with Crippen molar-refractivity contribution in [2.24, 2.45) is 29.8 Å². The fourth-order valence-electron chi connectivity index (χ4n) is 3.19. The Hall–Kier alpha value is -1.72. The van der Waals surface area contributed by atoms with Gasteiger partial charge in [0.25, 0.3) is 0 Å². The first kappa shape index (κ1) is 13.7. The molecule has 1 saturated heterocycles. The van der Waals surface area contributed by atoms with E-state index in [0.29, 0.717) is 11.8 Å². The molecule has 1 aromatic heterocycles. The minimum atomic E-state index is 0.131. The molecular formula is C13H23N5O. The van der Waals surface area contributed by atoms with Gasteiger partial charge in [-0.05, 0) is 25.2 Å². The summed E-state index contributed by atoms with van der Waals surface area (Å²) in [6.07, 6.45) is 1.24. The lowest BCUT2D eigenvalue weighted by molar-refractivity contribution is 0.318. The van der Waals surface area contributed by atoms with E-state index in [2.05, 4.69) is 29.0 Å². The Kier molecular flexibility index (Phi) is 3.68. The second-order valence-corrected chi connectivity index (χ2v) is 5.74. The molecule has 1 fully saturated rings. The molecule has 0 radical (unpaired) electrons. The van der Waals surface area contributed by atoms with Crippen molar-refractivity contribution >= 4 is 11.7 Å². The third kappa shape index (κ3) is 2.52. The molecular weight excluding hydrogens is 242 g/mol. The highest BCUT2D eigenvalue weighted by atomic mass is 16.4. The van der Waals surface area contributed by atoms with Crippen LogP contribution < -0.4 is 10.6 Å². The minimum absolute atomic E-state index is 0.131. The lowest BCUT2D eigenvalue weighted by Gasteiger charge is -2.36. The van der Waals surface area contributed by atoms with E-state index in [1.54, 1.807) is 0 Å². The van der Waals surface area contributed by atoms with Crippen LogP contribution in [0.25, 0.3) is 0 Å². The Morgan fingerprint density at radius 3 is 2.47 bits per heavy atom. The predicted molar refractivity (Wildman–Crippen MR) is 75.6 cm³/mol. The van der Waals surface area contributed by atoms with Crippen molar-refractivity contribution in [1.29, 1.82) is 0 Å². The number of nitrogens with zero attached hydrogens (tertiary/aromatic N) is 4. The van der Waals surface area contributed by atoms with E-state index in [9.17, 15) is 0 Å². The SMILES string of the molecule is Cc1nn(C)c(N2CC(C)CC(C)C2)c1C(N)=NO. The highest BCUT2D eigenvalue weighted by Gasteiger charge is 2.28. The Bertz CT molecular complexity index is 483. The summed E-state index contributed by atoms with van der Waals surface area (Å²) in [4.78, 5) is 2.30. The molecule has 0 amide bonds. The zero-order chi connectivity index (χ0) is 14.2. The van der Waals surface area contributed by atoms with E-state index in [1.165, 1.54) is 6.42 Å². The van der Waals surface area contributed by atoms with Crippen LogP contribution in [0, 0.1) is 18.8 Å². The lowest BCUT2D eigenvalue weighted by atomic mass is 9.91. The Balaban J connectivity index is 2.44. The van der Waals surface area contributed by atoms with Crippen molar-refractivity contribution in [2.45, 2.75) is 27.2 Å². The molecule has 2 unspecified atom stereocenters. The Labute approximate surface area is 113 Å². The smallest absolute Gasteiger partial charge is 0.175 e. The lowest BCUT2D eigenvalue weighted by Crippen LogP contribution is -2.40. The summed E-state index contributed by atoms with van der Waals surface area (Å²) in [5.74, 6) is 2.36. The maximum atomic E-state index is 8.96. The quantitative estimate of drug-likeness (QED) is 0.366. The largest absolute Gasteiger partial charge is 0.409 e. The molecule has 0 aromatic carbocycles. The first-order valence-electron chi connectivity index (χ1n) is 6.70. The maximum Gasteiger partial charge on any atom is 0.175 e. The average molecular weight is 265 g/mol. The molecule has 1 aromatic rings. The van der Waals surface area contributed by atoms with Gasteiger partial charge in [-0.1, -0.05) is 19.0 Å². The van der Waals surface area contributed by atoms with Crippen molar-refractivity contribution in [1.82, 2.24) is 9.78 Å². The van der Waals surface area contributed by atoms with Crippen molar-refractivity contribution in [3.8, 4) is 0 Å². The molecule has 2 heterocycles. The molecule has 0 saturated carbocycles. The number of oxime groups is 1. The van der Waals surface area contributed by atoms with Crippen LogP contribution in [-0.4, -0.2) is 33.9 Å². The van der Waals surface area contributed by atoms with Gasteiger partial charge in [0.1, 0.15) is 5.82 Å². The number of hydrogen-bond donors (Lipinski definition) is 2. The normalized spacial score (nSPS) is 24.8. The number of amidine groups is 1. The van der Waals surface area contributed by atoms with Gasteiger partial charge in [-0.15, -0.1) is 0 Å². The topological polar surface area (TPSA) is 79.7 Å². The van der Waals surface area contributed by atoms with Gasteiger partial charge in [0.2, 0.25) is 0 Å². The van der Waals surface area contributed by atoms with E-state index >= 15 is 0 Å². The number of rotatable bonds is 2. The van der Waals surface area contributed by atoms with Crippen LogP contribution in [0.15, 0.2) is 5.16 Å². The average Bonchev–Trinajstić information content (AvgIpc) is 2.62. The van der Waals surface area contributed by atoms with Crippen LogP contribution in [0.4, 0.5) is 5.82 Å². The number of nitrogens with two attached hydrogens (primary N) is 1. The Morgan fingerprint density at radius 2 is 1.95 bits per heavy atom. The fourth-order valence-corrected chi connectivity index (χ4v) is 3.19. The number of hydrogen-bond acceptors (Lipinski definition) is 4. The molecule has 0 bridgehead atoms. The first-order valence-corrected chi connectivity index (χ1v) is 6.70. The number of anilines is 1. The van der Waals surface area contributed by atoms with Crippen LogP contribution in [0.1, 0.15) is 31.5 Å².